The number of ether oxygens (including phenoxy) is 3. The number of carbonyl (C=O) groups excluding carboxylic acids is 1. The van der Waals surface area contributed by atoms with Gasteiger partial charge in [0.25, 0.3) is 5.91 Å². The van der Waals surface area contributed by atoms with Gasteiger partial charge in [-0.2, -0.15) is 0 Å². The van der Waals surface area contributed by atoms with E-state index in [1.165, 1.54) is 0 Å². The molecule has 0 aliphatic carbocycles. The van der Waals surface area contributed by atoms with Crippen LogP contribution < -0.4 is 14.2 Å². The first-order valence-corrected chi connectivity index (χ1v) is 10.2. The first-order chi connectivity index (χ1) is 14.2. The minimum absolute atomic E-state index is 0.0577. The first-order valence-electron chi connectivity index (χ1n) is 10.2. The van der Waals surface area contributed by atoms with Gasteiger partial charge in [0.2, 0.25) is 0 Å². The van der Waals surface area contributed by atoms with E-state index in [9.17, 15) is 4.79 Å². The third kappa shape index (κ3) is 5.21. The van der Waals surface area contributed by atoms with E-state index < -0.39 is 0 Å². The van der Waals surface area contributed by atoms with Crippen LogP contribution in [-0.4, -0.2) is 62.1 Å². The summed E-state index contributed by atoms with van der Waals surface area (Å²) in [5.74, 6) is 2.12. The Morgan fingerprint density at radius 1 is 0.931 bits per heavy atom. The zero-order chi connectivity index (χ0) is 20.6. The van der Waals surface area contributed by atoms with Crippen molar-refractivity contribution in [1.29, 1.82) is 0 Å². The van der Waals surface area contributed by atoms with Crippen molar-refractivity contribution in [3.8, 4) is 17.2 Å². The van der Waals surface area contributed by atoms with Crippen molar-refractivity contribution < 1.29 is 19.0 Å². The van der Waals surface area contributed by atoms with Crippen molar-refractivity contribution in [2.24, 2.45) is 0 Å². The van der Waals surface area contributed by atoms with Gasteiger partial charge >= 0.3 is 0 Å². The molecule has 1 fully saturated rings. The highest BCUT2D eigenvalue weighted by Gasteiger charge is 2.22. The van der Waals surface area contributed by atoms with Crippen molar-refractivity contribution >= 4 is 5.91 Å². The standard InChI is InChI=1S/C23H30N2O4/c1-4-24-12-14-25(15-13-24)23(26)18-10-11-20(28-5-2)19(16-18)17-29-22-9-7-6-8-21(22)27-3/h6-11,16H,4-5,12-15,17H2,1-3H3. The zero-order valence-electron chi connectivity index (χ0n) is 17.5. The number of nitrogens with zero attached hydrogens (tertiary/aromatic N) is 2. The van der Waals surface area contributed by atoms with Crippen LogP contribution in [0.3, 0.4) is 0 Å². The molecule has 1 amide bonds. The van der Waals surface area contributed by atoms with Gasteiger partial charge in [-0.25, -0.2) is 0 Å². The fourth-order valence-electron chi connectivity index (χ4n) is 3.46. The van der Waals surface area contributed by atoms with E-state index in [0.29, 0.717) is 30.3 Å². The van der Waals surface area contributed by atoms with E-state index in [0.717, 1.165) is 44.0 Å². The summed E-state index contributed by atoms with van der Waals surface area (Å²) >= 11 is 0. The quantitative estimate of drug-likeness (QED) is 0.682. The number of rotatable bonds is 8. The van der Waals surface area contributed by atoms with E-state index in [-0.39, 0.29) is 5.91 Å². The van der Waals surface area contributed by atoms with E-state index in [4.69, 9.17) is 14.2 Å². The van der Waals surface area contributed by atoms with Crippen LogP contribution in [0, 0.1) is 0 Å². The molecule has 0 atom stereocenters. The van der Waals surface area contributed by atoms with Crippen LogP contribution in [0.25, 0.3) is 0 Å². The predicted molar refractivity (Wildman–Crippen MR) is 113 cm³/mol. The molecule has 0 spiro atoms. The minimum Gasteiger partial charge on any atom is -0.493 e. The highest BCUT2D eigenvalue weighted by atomic mass is 16.5. The highest BCUT2D eigenvalue weighted by Crippen LogP contribution is 2.29. The summed E-state index contributed by atoms with van der Waals surface area (Å²) in [6, 6.07) is 13.1. The molecule has 0 unspecified atom stereocenters. The molecular formula is C23H30N2O4. The Morgan fingerprint density at radius 2 is 1.66 bits per heavy atom. The molecule has 0 saturated carbocycles. The Labute approximate surface area is 173 Å². The van der Waals surface area contributed by atoms with Crippen LogP contribution in [0.5, 0.6) is 17.2 Å². The number of carbonyl (C=O) groups is 1. The van der Waals surface area contributed by atoms with Crippen molar-refractivity contribution in [1.82, 2.24) is 9.80 Å². The Kier molecular flexibility index (Phi) is 7.36. The van der Waals surface area contributed by atoms with E-state index in [2.05, 4.69) is 11.8 Å². The highest BCUT2D eigenvalue weighted by molar-refractivity contribution is 5.94. The van der Waals surface area contributed by atoms with Crippen LogP contribution in [0.15, 0.2) is 42.5 Å². The van der Waals surface area contributed by atoms with Crippen LogP contribution in [0.4, 0.5) is 0 Å². The molecule has 2 aromatic rings. The summed E-state index contributed by atoms with van der Waals surface area (Å²) in [6.45, 7) is 9.31. The number of benzene rings is 2. The number of methoxy groups -OCH3 is 1. The van der Waals surface area contributed by atoms with Gasteiger partial charge in [0, 0.05) is 37.3 Å². The van der Waals surface area contributed by atoms with Crippen LogP contribution in [-0.2, 0) is 6.61 Å². The maximum atomic E-state index is 13.0. The topological polar surface area (TPSA) is 51.2 Å². The summed E-state index contributed by atoms with van der Waals surface area (Å²) in [6.07, 6.45) is 0. The van der Waals surface area contributed by atoms with Gasteiger partial charge in [-0.1, -0.05) is 19.1 Å². The van der Waals surface area contributed by atoms with Crippen LogP contribution in [0.2, 0.25) is 0 Å². The maximum absolute atomic E-state index is 13.0. The second-order valence-electron chi connectivity index (χ2n) is 6.92. The largest absolute Gasteiger partial charge is 0.493 e. The number of likely N-dealkylation sites (N-methyl/N-ethyl adjacent to an activating group) is 1. The minimum atomic E-state index is 0.0577. The summed E-state index contributed by atoms with van der Waals surface area (Å²) in [7, 11) is 1.62. The van der Waals surface area contributed by atoms with Crippen molar-refractivity contribution in [3.63, 3.8) is 0 Å². The molecule has 0 radical (unpaired) electrons. The SMILES string of the molecule is CCOc1ccc(C(=O)N2CCN(CC)CC2)cc1COc1ccccc1OC. The van der Waals surface area contributed by atoms with Crippen molar-refractivity contribution in [2.45, 2.75) is 20.5 Å². The second-order valence-corrected chi connectivity index (χ2v) is 6.92. The van der Waals surface area contributed by atoms with Crippen molar-refractivity contribution in [3.05, 3.63) is 53.6 Å². The summed E-state index contributed by atoms with van der Waals surface area (Å²) in [4.78, 5) is 17.3. The normalized spacial score (nSPS) is 14.5. The summed E-state index contributed by atoms with van der Waals surface area (Å²) < 4.78 is 17.1. The van der Waals surface area contributed by atoms with Gasteiger partial charge in [-0.3, -0.25) is 4.79 Å². The molecule has 3 rings (SSSR count). The second kappa shape index (κ2) is 10.2. The van der Waals surface area contributed by atoms with Gasteiger partial charge in [-0.05, 0) is 43.8 Å². The van der Waals surface area contributed by atoms with Gasteiger partial charge in [-0.15, -0.1) is 0 Å². The molecule has 156 valence electrons. The van der Waals surface area contributed by atoms with E-state index in [1.807, 2.05) is 54.3 Å². The van der Waals surface area contributed by atoms with E-state index in [1.54, 1.807) is 7.11 Å². The third-order valence-corrected chi connectivity index (χ3v) is 5.17. The zero-order valence-corrected chi connectivity index (χ0v) is 17.5. The van der Waals surface area contributed by atoms with Crippen molar-refractivity contribution in [2.75, 3.05) is 46.4 Å². The summed E-state index contributed by atoms with van der Waals surface area (Å²) in [5.41, 5.74) is 1.51. The Balaban J connectivity index is 1.76. The Bertz CT molecular complexity index is 816. The van der Waals surface area contributed by atoms with Gasteiger partial charge < -0.3 is 24.0 Å². The first kappa shape index (κ1) is 21.0. The Morgan fingerprint density at radius 3 is 2.31 bits per heavy atom. The lowest BCUT2D eigenvalue weighted by molar-refractivity contribution is 0.0643. The number of piperazine rings is 1. The van der Waals surface area contributed by atoms with Gasteiger partial charge in [0.1, 0.15) is 12.4 Å². The smallest absolute Gasteiger partial charge is 0.253 e. The molecule has 0 aromatic heterocycles. The number of amides is 1. The molecule has 1 aliphatic heterocycles. The van der Waals surface area contributed by atoms with E-state index >= 15 is 0 Å². The monoisotopic (exact) mass is 398 g/mol. The average Bonchev–Trinajstić information content (AvgIpc) is 2.78. The molecule has 1 heterocycles. The molecule has 29 heavy (non-hydrogen) atoms. The fourth-order valence-corrected chi connectivity index (χ4v) is 3.46. The number of para-hydroxylation sites is 2. The average molecular weight is 399 g/mol. The lowest BCUT2D eigenvalue weighted by atomic mass is 10.1. The lowest BCUT2D eigenvalue weighted by Gasteiger charge is -2.34. The molecule has 1 saturated heterocycles. The predicted octanol–water partition coefficient (Wildman–Crippen LogP) is 3.45. The molecule has 0 N–H and O–H groups in total. The van der Waals surface area contributed by atoms with Crippen LogP contribution >= 0.6 is 0 Å². The molecule has 1 aliphatic rings. The van der Waals surface area contributed by atoms with Gasteiger partial charge in [0.15, 0.2) is 11.5 Å². The van der Waals surface area contributed by atoms with Gasteiger partial charge in [0.05, 0.1) is 13.7 Å². The number of hydrogen-bond acceptors (Lipinski definition) is 5. The summed E-state index contributed by atoms with van der Waals surface area (Å²) in [5, 5.41) is 0. The maximum Gasteiger partial charge on any atom is 0.253 e. The molecule has 0 bridgehead atoms. The fraction of sp³-hybridized carbons (Fsp3) is 0.435. The molecule has 6 heteroatoms. The van der Waals surface area contributed by atoms with Crippen LogP contribution in [0.1, 0.15) is 29.8 Å². The lowest BCUT2D eigenvalue weighted by Crippen LogP contribution is -2.48. The molecule has 2 aromatic carbocycles. The number of hydrogen-bond donors (Lipinski definition) is 0. The molecule has 6 nitrogen and oxygen atoms in total. The Hall–Kier alpha value is -2.73. The molecular weight excluding hydrogens is 368 g/mol. The third-order valence-electron chi connectivity index (χ3n) is 5.17.